The van der Waals surface area contributed by atoms with E-state index in [9.17, 15) is 14.4 Å². The summed E-state index contributed by atoms with van der Waals surface area (Å²) in [6.45, 7) is 2.08. The third kappa shape index (κ3) is 4.40. The van der Waals surface area contributed by atoms with Gasteiger partial charge in [-0.15, -0.1) is 11.3 Å². The van der Waals surface area contributed by atoms with E-state index in [1.807, 2.05) is 59.2 Å². The molecule has 7 nitrogen and oxygen atoms in total. The first kappa shape index (κ1) is 21.3. The van der Waals surface area contributed by atoms with Gasteiger partial charge in [0.15, 0.2) is 6.10 Å². The molecular formula is C24H21N3O4S. The molecule has 162 valence electrons. The second-order valence-electron chi connectivity index (χ2n) is 7.24. The number of nitrogens with two attached hydrogens (primary N) is 1. The molecule has 4 rings (SSSR count). The molecule has 0 radical (unpaired) electrons. The predicted octanol–water partition coefficient (Wildman–Crippen LogP) is 4.03. The number of nitrogens with zero attached hydrogens (tertiary/aromatic N) is 1. The maximum Gasteiger partial charge on any atom is 0.341 e. The number of carbonyl (C=O) groups is 3. The average Bonchev–Trinajstić information content (AvgIpc) is 3.39. The van der Waals surface area contributed by atoms with Crippen LogP contribution in [-0.2, 0) is 16.1 Å². The van der Waals surface area contributed by atoms with Crippen molar-refractivity contribution in [2.75, 3.05) is 5.32 Å². The van der Waals surface area contributed by atoms with Crippen LogP contribution in [-0.4, -0.2) is 28.5 Å². The first-order valence-electron chi connectivity index (χ1n) is 9.95. The fraction of sp³-hybridized carbons (Fsp3) is 0.125. The standard InChI is InChI=1S/C24H21N3O4S/c1-15(22(29)26-23-18(21(25)28)11-12-32-23)31-24(30)19-14-27(13-16-7-3-2-4-8-16)20-10-6-5-9-17(19)20/h2-12,14-15H,13H2,1H3,(H2,25,28)(H,26,29). The van der Waals surface area contributed by atoms with Crippen molar-refractivity contribution < 1.29 is 19.1 Å². The fourth-order valence-electron chi connectivity index (χ4n) is 3.41. The van der Waals surface area contributed by atoms with Gasteiger partial charge in [-0.05, 0) is 30.0 Å². The molecule has 0 spiro atoms. The second-order valence-corrected chi connectivity index (χ2v) is 8.15. The van der Waals surface area contributed by atoms with Crippen molar-refractivity contribution >= 4 is 45.0 Å². The number of amides is 2. The van der Waals surface area contributed by atoms with Gasteiger partial charge in [-0.3, -0.25) is 9.59 Å². The molecule has 0 aliphatic heterocycles. The first-order chi connectivity index (χ1) is 15.4. The predicted molar refractivity (Wildman–Crippen MR) is 124 cm³/mol. The molecule has 0 aliphatic carbocycles. The largest absolute Gasteiger partial charge is 0.449 e. The molecule has 0 saturated heterocycles. The van der Waals surface area contributed by atoms with Crippen LogP contribution >= 0.6 is 11.3 Å². The zero-order valence-electron chi connectivity index (χ0n) is 17.3. The van der Waals surface area contributed by atoms with E-state index in [1.54, 1.807) is 11.6 Å². The van der Waals surface area contributed by atoms with Crippen molar-refractivity contribution in [3.05, 3.63) is 88.9 Å². The molecule has 2 aromatic carbocycles. The smallest absolute Gasteiger partial charge is 0.341 e. The summed E-state index contributed by atoms with van der Waals surface area (Å²) in [4.78, 5) is 36.9. The van der Waals surface area contributed by atoms with Crippen LogP contribution in [0.4, 0.5) is 5.00 Å². The van der Waals surface area contributed by atoms with E-state index in [0.717, 1.165) is 16.5 Å². The highest BCUT2D eigenvalue weighted by atomic mass is 32.1. The molecule has 0 bridgehead atoms. The molecule has 0 saturated carbocycles. The normalized spacial score (nSPS) is 11.8. The summed E-state index contributed by atoms with van der Waals surface area (Å²) in [7, 11) is 0. The van der Waals surface area contributed by atoms with Crippen LogP contribution in [0.25, 0.3) is 10.9 Å². The summed E-state index contributed by atoms with van der Waals surface area (Å²) in [5.74, 6) is -1.79. The summed E-state index contributed by atoms with van der Waals surface area (Å²) in [6, 6.07) is 19.0. The summed E-state index contributed by atoms with van der Waals surface area (Å²) < 4.78 is 7.43. The monoisotopic (exact) mass is 447 g/mol. The molecule has 4 aromatic rings. The summed E-state index contributed by atoms with van der Waals surface area (Å²) >= 11 is 1.17. The van der Waals surface area contributed by atoms with Crippen LogP contribution in [0.1, 0.15) is 33.2 Å². The van der Waals surface area contributed by atoms with E-state index in [-0.39, 0.29) is 5.56 Å². The van der Waals surface area contributed by atoms with E-state index in [0.29, 0.717) is 17.1 Å². The Morgan fingerprint density at radius 2 is 1.75 bits per heavy atom. The number of carbonyl (C=O) groups excluding carboxylic acids is 3. The van der Waals surface area contributed by atoms with E-state index < -0.39 is 23.9 Å². The maximum absolute atomic E-state index is 12.9. The molecule has 3 N–H and O–H groups in total. The van der Waals surface area contributed by atoms with Gasteiger partial charge < -0.3 is 20.4 Å². The number of primary amides is 1. The van der Waals surface area contributed by atoms with Gasteiger partial charge in [0.1, 0.15) is 5.00 Å². The van der Waals surface area contributed by atoms with E-state index >= 15 is 0 Å². The molecule has 2 aromatic heterocycles. The minimum Gasteiger partial charge on any atom is -0.449 e. The van der Waals surface area contributed by atoms with Crippen LogP contribution in [0, 0.1) is 0 Å². The highest BCUT2D eigenvalue weighted by Crippen LogP contribution is 2.25. The number of hydrogen-bond acceptors (Lipinski definition) is 5. The molecule has 32 heavy (non-hydrogen) atoms. The number of nitrogens with one attached hydrogen (secondary N) is 1. The molecule has 1 unspecified atom stereocenters. The third-order valence-corrected chi connectivity index (χ3v) is 5.85. The molecule has 0 aliphatic rings. The lowest BCUT2D eigenvalue weighted by Gasteiger charge is -2.13. The Bertz CT molecular complexity index is 1290. The number of anilines is 1. The van der Waals surface area contributed by atoms with Gasteiger partial charge >= 0.3 is 5.97 Å². The Labute approximate surface area is 188 Å². The molecule has 0 fully saturated rings. The lowest BCUT2D eigenvalue weighted by Crippen LogP contribution is -2.30. The summed E-state index contributed by atoms with van der Waals surface area (Å²) in [5.41, 5.74) is 7.89. The minimum atomic E-state index is -1.07. The molecule has 2 heterocycles. The summed E-state index contributed by atoms with van der Waals surface area (Å²) in [6.07, 6.45) is 0.677. The quantitative estimate of drug-likeness (QED) is 0.417. The van der Waals surface area contributed by atoms with Crippen molar-refractivity contribution in [2.45, 2.75) is 19.6 Å². The number of fused-ring (bicyclic) bond motifs is 1. The van der Waals surface area contributed by atoms with Gasteiger partial charge in [0.25, 0.3) is 11.8 Å². The van der Waals surface area contributed by atoms with Crippen molar-refractivity contribution in [1.82, 2.24) is 4.57 Å². The number of thiophene rings is 1. The Kier molecular flexibility index (Phi) is 6.04. The Morgan fingerprint density at radius 1 is 1.03 bits per heavy atom. The maximum atomic E-state index is 12.9. The van der Waals surface area contributed by atoms with Crippen LogP contribution < -0.4 is 11.1 Å². The second kappa shape index (κ2) is 9.07. The third-order valence-electron chi connectivity index (χ3n) is 5.02. The lowest BCUT2D eigenvalue weighted by atomic mass is 10.2. The van der Waals surface area contributed by atoms with E-state index in [2.05, 4.69) is 5.32 Å². The number of ether oxygens (including phenoxy) is 1. The Balaban J connectivity index is 1.52. The van der Waals surface area contributed by atoms with Crippen molar-refractivity contribution in [3.8, 4) is 0 Å². The average molecular weight is 448 g/mol. The fourth-order valence-corrected chi connectivity index (χ4v) is 4.21. The van der Waals surface area contributed by atoms with Gasteiger partial charge in [-0.2, -0.15) is 0 Å². The van der Waals surface area contributed by atoms with Crippen LogP contribution in [0.3, 0.4) is 0 Å². The molecule has 1 atom stereocenters. The highest BCUT2D eigenvalue weighted by molar-refractivity contribution is 7.14. The first-order valence-corrected chi connectivity index (χ1v) is 10.8. The van der Waals surface area contributed by atoms with Crippen LogP contribution in [0.5, 0.6) is 0 Å². The highest BCUT2D eigenvalue weighted by Gasteiger charge is 2.23. The Hall–Kier alpha value is -3.91. The van der Waals surface area contributed by atoms with Gasteiger partial charge in [-0.25, -0.2) is 4.79 Å². The van der Waals surface area contributed by atoms with Crippen molar-refractivity contribution in [2.24, 2.45) is 5.73 Å². The minimum absolute atomic E-state index is 0.214. The zero-order chi connectivity index (χ0) is 22.7. The number of benzene rings is 2. The van der Waals surface area contributed by atoms with Gasteiger partial charge in [0, 0.05) is 23.6 Å². The number of hydrogen-bond donors (Lipinski definition) is 2. The topological polar surface area (TPSA) is 103 Å². The summed E-state index contributed by atoms with van der Waals surface area (Å²) in [5, 5.41) is 5.32. The van der Waals surface area contributed by atoms with Crippen LogP contribution in [0.2, 0.25) is 0 Å². The van der Waals surface area contributed by atoms with Crippen molar-refractivity contribution in [1.29, 1.82) is 0 Å². The number of esters is 1. The van der Waals surface area contributed by atoms with Gasteiger partial charge in [0.05, 0.1) is 11.1 Å². The van der Waals surface area contributed by atoms with Crippen molar-refractivity contribution in [3.63, 3.8) is 0 Å². The number of aromatic nitrogens is 1. The lowest BCUT2D eigenvalue weighted by molar-refractivity contribution is -0.123. The zero-order valence-corrected chi connectivity index (χ0v) is 18.1. The SMILES string of the molecule is CC(OC(=O)c1cn(Cc2ccccc2)c2ccccc12)C(=O)Nc1sccc1C(N)=O. The van der Waals surface area contributed by atoms with E-state index in [4.69, 9.17) is 10.5 Å². The molecule has 2 amide bonds. The van der Waals surface area contributed by atoms with Crippen LogP contribution in [0.15, 0.2) is 72.2 Å². The van der Waals surface area contributed by atoms with E-state index in [1.165, 1.54) is 24.3 Å². The number of rotatable bonds is 7. The molecule has 8 heteroatoms. The van der Waals surface area contributed by atoms with Gasteiger partial charge in [-0.1, -0.05) is 48.5 Å². The van der Waals surface area contributed by atoms with Gasteiger partial charge in [0.2, 0.25) is 0 Å². The Morgan fingerprint density at radius 3 is 2.50 bits per heavy atom. The number of para-hydroxylation sites is 1. The molecular weight excluding hydrogens is 426 g/mol.